The molecule has 1 saturated carbocycles. The number of ether oxygens (including phenoxy) is 2. The molecule has 3 N–H and O–H groups in total. The first-order valence-electron chi connectivity index (χ1n) is 11.5. The maximum atomic E-state index is 12.7. The Labute approximate surface area is 184 Å². The van der Waals surface area contributed by atoms with E-state index in [0.29, 0.717) is 45.1 Å². The van der Waals surface area contributed by atoms with Crippen LogP contribution in [0.1, 0.15) is 64.7 Å². The number of rotatable bonds is 9. The molecule has 10 heteroatoms. The number of carbonyl (C=O) groups is 3. The second-order valence-corrected chi connectivity index (χ2v) is 8.96. The quantitative estimate of drug-likeness (QED) is 0.216. The number of carboxylic acid groups (broad SMARTS) is 1. The van der Waals surface area contributed by atoms with Crippen molar-refractivity contribution in [1.29, 1.82) is 0 Å². The molecule has 2 heterocycles. The van der Waals surface area contributed by atoms with E-state index in [9.17, 15) is 19.5 Å². The highest BCUT2D eigenvalue weighted by atomic mass is 16.7. The third kappa shape index (κ3) is 5.34. The van der Waals surface area contributed by atoms with Crippen LogP contribution < -0.4 is 5.32 Å². The zero-order chi connectivity index (χ0) is 22.4. The van der Waals surface area contributed by atoms with Gasteiger partial charge in [0.2, 0.25) is 6.29 Å². The third-order valence-corrected chi connectivity index (χ3v) is 7.06. The zero-order valence-corrected chi connectivity index (χ0v) is 18.3. The summed E-state index contributed by atoms with van der Waals surface area (Å²) in [5.41, 5.74) is -1.08. The minimum absolute atomic E-state index is 0.121. The Morgan fingerprint density at radius 3 is 2.58 bits per heavy atom. The molecule has 3 fully saturated rings. The van der Waals surface area contributed by atoms with Crippen LogP contribution in [0.5, 0.6) is 0 Å². The maximum absolute atomic E-state index is 12.7. The van der Waals surface area contributed by atoms with Crippen molar-refractivity contribution in [1.82, 2.24) is 10.2 Å². The molecule has 1 amide bonds. The molecule has 0 spiro atoms. The molecule has 0 aromatic heterocycles. The Hall–Kier alpha value is -1.81. The highest BCUT2D eigenvalue weighted by Gasteiger charge is 2.58. The summed E-state index contributed by atoms with van der Waals surface area (Å²) in [5, 5.41) is 21.9. The second kappa shape index (κ2) is 10.7. The summed E-state index contributed by atoms with van der Waals surface area (Å²) in [6.45, 7) is 2.34. The Bertz CT molecular complexity index is 658. The Kier molecular flexibility index (Phi) is 8.21. The summed E-state index contributed by atoms with van der Waals surface area (Å²) in [6, 6.07) is -0.269. The van der Waals surface area contributed by atoms with E-state index in [1.54, 1.807) is 11.8 Å². The van der Waals surface area contributed by atoms with Gasteiger partial charge in [0.05, 0.1) is 12.0 Å². The van der Waals surface area contributed by atoms with Gasteiger partial charge in [-0.05, 0) is 25.7 Å². The lowest BCUT2D eigenvalue weighted by Gasteiger charge is -2.30. The number of carbonyl (C=O) groups excluding carboxylic acids is 2. The van der Waals surface area contributed by atoms with Crippen molar-refractivity contribution < 1.29 is 34.0 Å². The summed E-state index contributed by atoms with van der Waals surface area (Å²) in [7, 11) is 1.09. The van der Waals surface area contributed by atoms with Crippen LogP contribution in [0, 0.1) is 11.8 Å². The van der Waals surface area contributed by atoms with E-state index in [-0.39, 0.29) is 23.8 Å². The molecule has 2 saturated heterocycles. The summed E-state index contributed by atoms with van der Waals surface area (Å²) in [4.78, 5) is 38.7. The number of esters is 1. The Morgan fingerprint density at radius 1 is 1.16 bits per heavy atom. The fraction of sp³-hybridized carbons (Fsp3) is 0.857. The lowest BCUT2D eigenvalue weighted by Crippen LogP contribution is -2.52. The van der Waals surface area contributed by atoms with Crippen molar-refractivity contribution >= 4 is 25.5 Å². The molecule has 3 rings (SSSR count). The van der Waals surface area contributed by atoms with Gasteiger partial charge in [-0.25, -0.2) is 4.79 Å². The van der Waals surface area contributed by atoms with Crippen LogP contribution in [-0.2, 0) is 19.1 Å². The van der Waals surface area contributed by atoms with Gasteiger partial charge in [0.25, 0.3) is 7.48 Å². The van der Waals surface area contributed by atoms with E-state index >= 15 is 0 Å². The fourth-order valence-electron chi connectivity index (χ4n) is 5.41. The van der Waals surface area contributed by atoms with Crippen LogP contribution in [0.4, 0.5) is 4.79 Å². The summed E-state index contributed by atoms with van der Waals surface area (Å²) >= 11 is 0. The summed E-state index contributed by atoms with van der Waals surface area (Å²) < 4.78 is 10.7. The lowest BCUT2D eigenvalue weighted by atomic mass is 9.78. The first-order chi connectivity index (χ1) is 14.9. The summed E-state index contributed by atoms with van der Waals surface area (Å²) in [5.74, 6) is -1.55. The van der Waals surface area contributed by atoms with Gasteiger partial charge in [-0.2, -0.15) is 0 Å². The minimum atomic E-state index is -1.08. The van der Waals surface area contributed by atoms with Crippen LogP contribution in [0.3, 0.4) is 0 Å². The van der Waals surface area contributed by atoms with Gasteiger partial charge in [-0.15, -0.1) is 0 Å². The lowest BCUT2D eigenvalue weighted by molar-refractivity contribution is -0.172. The van der Waals surface area contributed by atoms with Crippen molar-refractivity contribution in [2.45, 2.75) is 88.9 Å². The van der Waals surface area contributed by atoms with Gasteiger partial charge in [0.1, 0.15) is 5.54 Å². The van der Waals surface area contributed by atoms with E-state index in [4.69, 9.17) is 14.5 Å². The van der Waals surface area contributed by atoms with Crippen molar-refractivity contribution in [3.8, 4) is 0 Å². The Balaban J connectivity index is 1.54. The van der Waals surface area contributed by atoms with E-state index < -0.39 is 23.9 Å². The molecule has 2 aliphatic heterocycles. The molecular weight excluding hydrogens is 403 g/mol. The molecule has 3 aliphatic rings. The van der Waals surface area contributed by atoms with Crippen LogP contribution >= 0.6 is 0 Å². The molecule has 173 valence electrons. The first kappa shape index (κ1) is 23.8. The number of hydrogen-bond acceptors (Lipinski definition) is 7. The molecule has 0 aromatic rings. The first-order valence-corrected chi connectivity index (χ1v) is 11.5. The average molecular weight is 437 g/mol. The normalized spacial score (nSPS) is 29.3. The van der Waals surface area contributed by atoms with E-state index in [2.05, 4.69) is 5.32 Å². The molecule has 1 radical (unpaired) electrons. The smallest absolute Gasteiger partial charge is 0.413 e. The number of aliphatic carboxylic acids is 1. The van der Waals surface area contributed by atoms with E-state index in [0.717, 1.165) is 39.6 Å². The van der Waals surface area contributed by atoms with Gasteiger partial charge in [-0.3, -0.25) is 14.9 Å². The van der Waals surface area contributed by atoms with Crippen molar-refractivity contribution in [2.24, 2.45) is 11.8 Å². The van der Waals surface area contributed by atoms with Gasteiger partial charge in [0, 0.05) is 25.9 Å². The highest BCUT2D eigenvalue weighted by molar-refractivity contribution is 6.25. The van der Waals surface area contributed by atoms with Crippen molar-refractivity contribution in [2.75, 3.05) is 13.1 Å². The number of likely N-dealkylation sites (tertiary alicyclic amines) is 1. The Morgan fingerprint density at radius 2 is 1.90 bits per heavy atom. The molecule has 1 aliphatic carbocycles. The SMILES string of the molecule is CC(OC(=O)C1CCCCC1)OC(=O)N1CC[C@H]2[C@@H]1CN[C@@]2(CCCC[B]O)C(=O)O. The molecule has 1 unspecified atom stereocenters. The van der Waals surface area contributed by atoms with Crippen molar-refractivity contribution in [3.05, 3.63) is 0 Å². The molecule has 0 bridgehead atoms. The van der Waals surface area contributed by atoms with Crippen LogP contribution in [-0.4, -0.2) is 71.5 Å². The molecule has 4 atom stereocenters. The predicted molar refractivity (Wildman–Crippen MR) is 112 cm³/mol. The molecule has 9 nitrogen and oxygen atoms in total. The van der Waals surface area contributed by atoms with Crippen LogP contribution in [0.2, 0.25) is 6.32 Å². The minimum Gasteiger partial charge on any atom is -0.480 e. The number of carboxylic acids is 1. The fourth-order valence-corrected chi connectivity index (χ4v) is 5.41. The van der Waals surface area contributed by atoms with Crippen LogP contribution in [0.25, 0.3) is 0 Å². The standard InChI is InChI=1S/C21H34BN2O7/c1-14(30-18(25)15-7-3-2-4-8-15)31-20(28)24-12-9-16-17(24)13-23-21(16,19(26)27)10-5-6-11-22-29/h14-17,23,29H,2-13H2,1H3,(H,26,27)/t14?,16-,17-,21+/m0/s1. The maximum Gasteiger partial charge on any atom is 0.413 e. The molecule has 31 heavy (non-hydrogen) atoms. The molecule has 0 aromatic carbocycles. The predicted octanol–water partition coefficient (Wildman–Crippen LogP) is 1.91. The van der Waals surface area contributed by atoms with Gasteiger partial charge in [0.15, 0.2) is 0 Å². The number of amides is 1. The van der Waals surface area contributed by atoms with Gasteiger partial charge >= 0.3 is 18.0 Å². The largest absolute Gasteiger partial charge is 0.480 e. The monoisotopic (exact) mass is 437 g/mol. The van der Waals surface area contributed by atoms with Gasteiger partial charge < -0.3 is 24.5 Å². The number of unbranched alkanes of at least 4 members (excludes halogenated alkanes) is 1. The average Bonchev–Trinajstić information content (AvgIpc) is 3.33. The topological polar surface area (TPSA) is 125 Å². The second-order valence-electron chi connectivity index (χ2n) is 8.96. The van der Waals surface area contributed by atoms with Crippen LogP contribution in [0.15, 0.2) is 0 Å². The van der Waals surface area contributed by atoms with E-state index in [1.807, 2.05) is 0 Å². The molecular formula is C21H34BN2O7. The number of nitrogens with zero attached hydrogens (tertiary/aromatic N) is 1. The number of hydrogen-bond donors (Lipinski definition) is 3. The third-order valence-electron chi connectivity index (χ3n) is 7.06. The number of nitrogens with one attached hydrogen (secondary N) is 1. The number of fused-ring (bicyclic) bond motifs is 1. The zero-order valence-electron chi connectivity index (χ0n) is 18.3. The van der Waals surface area contributed by atoms with E-state index in [1.165, 1.54) is 0 Å². The van der Waals surface area contributed by atoms with Gasteiger partial charge in [-0.1, -0.05) is 38.4 Å². The highest BCUT2D eigenvalue weighted by Crippen LogP contribution is 2.41. The van der Waals surface area contributed by atoms with Crippen molar-refractivity contribution in [3.63, 3.8) is 0 Å². The summed E-state index contributed by atoms with van der Waals surface area (Å²) in [6.07, 6.45) is 6.15.